The number of rotatable bonds is 2. The largest absolute Gasteiger partial charge is 0.495 e. The molecule has 0 atom stereocenters. The van der Waals surface area contributed by atoms with Gasteiger partial charge in [-0.25, -0.2) is 0 Å². The van der Waals surface area contributed by atoms with E-state index in [1.54, 1.807) is 18.6 Å². The SMILES string of the molecule is COc1ccccc1-n1sc2c(c1=S)-c1cc(C)c(C)cc1NC2(C)C. The van der Waals surface area contributed by atoms with Crippen molar-refractivity contribution in [3.05, 3.63) is 57.0 Å². The lowest BCUT2D eigenvalue weighted by Gasteiger charge is -2.33. The smallest absolute Gasteiger partial charge is 0.143 e. The monoisotopic (exact) mass is 382 g/mol. The van der Waals surface area contributed by atoms with Crippen LogP contribution in [0.3, 0.4) is 0 Å². The second-order valence-electron chi connectivity index (χ2n) is 7.30. The van der Waals surface area contributed by atoms with Gasteiger partial charge in [-0.15, -0.1) is 0 Å². The molecule has 134 valence electrons. The number of nitrogens with one attached hydrogen (secondary N) is 1. The lowest BCUT2D eigenvalue weighted by atomic mass is 9.88. The topological polar surface area (TPSA) is 26.2 Å². The zero-order valence-electron chi connectivity index (χ0n) is 15.6. The lowest BCUT2D eigenvalue weighted by molar-refractivity contribution is 0.413. The van der Waals surface area contributed by atoms with Crippen LogP contribution < -0.4 is 10.1 Å². The molecule has 1 N–H and O–H groups in total. The predicted octanol–water partition coefficient (Wildman–Crippen LogP) is 6.22. The molecule has 2 heterocycles. The molecule has 0 saturated carbocycles. The van der Waals surface area contributed by atoms with Gasteiger partial charge in [0, 0.05) is 16.8 Å². The highest BCUT2D eigenvalue weighted by molar-refractivity contribution is 7.71. The molecule has 0 saturated heterocycles. The van der Waals surface area contributed by atoms with E-state index in [2.05, 4.69) is 55.2 Å². The molecule has 3 aromatic rings. The quantitative estimate of drug-likeness (QED) is 0.533. The van der Waals surface area contributed by atoms with Crippen molar-refractivity contribution in [2.45, 2.75) is 33.2 Å². The molecular formula is C21H22N2OS2. The van der Waals surface area contributed by atoms with E-state index in [1.807, 2.05) is 18.2 Å². The number of ether oxygens (including phenoxy) is 1. The fourth-order valence-electron chi connectivity index (χ4n) is 3.52. The van der Waals surface area contributed by atoms with Crippen molar-refractivity contribution in [2.24, 2.45) is 0 Å². The average Bonchev–Trinajstić information content (AvgIpc) is 2.95. The number of nitrogens with zero attached hydrogens (tertiary/aromatic N) is 1. The molecule has 0 fully saturated rings. The molecule has 0 radical (unpaired) electrons. The van der Waals surface area contributed by atoms with Crippen LogP contribution >= 0.6 is 23.8 Å². The second kappa shape index (κ2) is 5.96. The average molecular weight is 383 g/mol. The third-order valence-electron chi connectivity index (χ3n) is 5.03. The van der Waals surface area contributed by atoms with Crippen molar-refractivity contribution in [1.29, 1.82) is 0 Å². The van der Waals surface area contributed by atoms with Gasteiger partial charge in [0.1, 0.15) is 10.4 Å². The number of aromatic nitrogens is 1. The molecule has 4 rings (SSSR count). The fourth-order valence-corrected chi connectivity index (χ4v) is 5.19. The van der Waals surface area contributed by atoms with Crippen LogP contribution in [0.15, 0.2) is 36.4 Å². The van der Waals surface area contributed by atoms with Crippen molar-refractivity contribution in [2.75, 3.05) is 12.4 Å². The van der Waals surface area contributed by atoms with Gasteiger partial charge in [0.25, 0.3) is 0 Å². The number of methoxy groups -OCH3 is 1. The highest BCUT2D eigenvalue weighted by Gasteiger charge is 2.35. The lowest BCUT2D eigenvalue weighted by Crippen LogP contribution is -2.30. The van der Waals surface area contributed by atoms with E-state index < -0.39 is 0 Å². The Labute approximate surface area is 163 Å². The normalized spacial score (nSPS) is 14.3. The number of benzene rings is 2. The highest BCUT2D eigenvalue weighted by Crippen LogP contribution is 2.48. The molecule has 2 aromatic carbocycles. The molecule has 1 aliphatic heterocycles. The number of para-hydroxylation sites is 2. The van der Waals surface area contributed by atoms with Gasteiger partial charge in [-0.05, 0) is 63.1 Å². The van der Waals surface area contributed by atoms with E-state index in [-0.39, 0.29) is 5.54 Å². The maximum Gasteiger partial charge on any atom is 0.143 e. The summed E-state index contributed by atoms with van der Waals surface area (Å²) in [4.78, 5) is 1.25. The summed E-state index contributed by atoms with van der Waals surface area (Å²) in [7, 11) is 1.70. The summed E-state index contributed by atoms with van der Waals surface area (Å²) in [5.41, 5.74) is 6.88. The minimum absolute atomic E-state index is 0.185. The second-order valence-corrected chi connectivity index (χ2v) is 8.64. The van der Waals surface area contributed by atoms with Crippen LogP contribution in [-0.4, -0.2) is 11.1 Å². The van der Waals surface area contributed by atoms with Crippen LogP contribution in [-0.2, 0) is 5.54 Å². The Balaban J connectivity index is 2.04. The zero-order chi connectivity index (χ0) is 18.6. The van der Waals surface area contributed by atoms with Gasteiger partial charge in [0.05, 0.1) is 23.2 Å². The summed E-state index contributed by atoms with van der Waals surface area (Å²) in [6.07, 6.45) is 0. The van der Waals surface area contributed by atoms with Crippen LogP contribution in [0, 0.1) is 18.5 Å². The Hall–Kier alpha value is -2.11. The standard InChI is InChI=1S/C21H22N2OS2/c1-12-10-14-15(11-13(12)2)22-21(3,4)19-18(14)20(25)23(26-19)16-8-6-7-9-17(16)24-5/h6-11,22H,1-5H3. The fraction of sp³-hybridized carbons (Fsp3) is 0.286. The van der Waals surface area contributed by atoms with Crippen molar-refractivity contribution >= 4 is 29.4 Å². The van der Waals surface area contributed by atoms with Gasteiger partial charge in [0.15, 0.2) is 0 Å². The number of anilines is 1. The first-order valence-corrected chi connectivity index (χ1v) is 9.81. The van der Waals surface area contributed by atoms with Crippen LogP contribution in [0.1, 0.15) is 29.9 Å². The van der Waals surface area contributed by atoms with Crippen molar-refractivity contribution in [3.8, 4) is 22.6 Å². The molecule has 0 unspecified atom stereocenters. The molecule has 5 heteroatoms. The van der Waals surface area contributed by atoms with Crippen molar-refractivity contribution in [3.63, 3.8) is 0 Å². The van der Waals surface area contributed by atoms with E-state index in [9.17, 15) is 0 Å². The Morgan fingerprint density at radius 1 is 1.12 bits per heavy atom. The van der Waals surface area contributed by atoms with Gasteiger partial charge in [-0.1, -0.05) is 35.9 Å². The van der Waals surface area contributed by atoms with Gasteiger partial charge in [-0.3, -0.25) is 3.96 Å². The van der Waals surface area contributed by atoms with Gasteiger partial charge < -0.3 is 10.1 Å². The molecule has 0 spiro atoms. The van der Waals surface area contributed by atoms with E-state index >= 15 is 0 Å². The van der Waals surface area contributed by atoms with Crippen LogP contribution in [0.25, 0.3) is 16.8 Å². The van der Waals surface area contributed by atoms with Gasteiger partial charge in [-0.2, -0.15) is 0 Å². The van der Waals surface area contributed by atoms with Crippen LogP contribution in [0.4, 0.5) is 5.69 Å². The minimum atomic E-state index is -0.185. The molecule has 3 nitrogen and oxygen atoms in total. The summed E-state index contributed by atoms with van der Waals surface area (Å²) in [6.45, 7) is 8.72. The van der Waals surface area contributed by atoms with E-state index in [0.717, 1.165) is 27.3 Å². The molecule has 0 aliphatic carbocycles. The van der Waals surface area contributed by atoms with E-state index in [1.165, 1.54) is 21.6 Å². The molecule has 1 aromatic heterocycles. The summed E-state index contributed by atoms with van der Waals surface area (Å²) in [6, 6.07) is 12.5. The minimum Gasteiger partial charge on any atom is -0.495 e. The van der Waals surface area contributed by atoms with Crippen molar-refractivity contribution < 1.29 is 4.74 Å². The van der Waals surface area contributed by atoms with Crippen molar-refractivity contribution in [1.82, 2.24) is 3.96 Å². The molecule has 0 amide bonds. The summed E-state index contributed by atoms with van der Waals surface area (Å²) < 4.78 is 8.53. The van der Waals surface area contributed by atoms with Crippen LogP contribution in [0.5, 0.6) is 5.75 Å². The summed E-state index contributed by atoms with van der Waals surface area (Å²) >= 11 is 7.64. The Bertz CT molecular complexity index is 1080. The Morgan fingerprint density at radius 2 is 1.81 bits per heavy atom. The third kappa shape index (κ3) is 2.49. The van der Waals surface area contributed by atoms with Crippen LogP contribution in [0.2, 0.25) is 0 Å². The van der Waals surface area contributed by atoms with Gasteiger partial charge >= 0.3 is 0 Å². The first kappa shape index (κ1) is 17.3. The molecule has 1 aliphatic rings. The maximum atomic E-state index is 5.95. The highest BCUT2D eigenvalue weighted by atomic mass is 32.1. The predicted molar refractivity (Wildman–Crippen MR) is 113 cm³/mol. The first-order chi connectivity index (χ1) is 12.3. The number of hydrogen-bond donors (Lipinski definition) is 1. The maximum absolute atomic E-state index is 5.95. The van der Waals surface area contributed by atoms with E-state index in [4.69, 9.17) is 17.0 Å². The first-order valence-electron chi connectivity index (χ1n) is 8.63. The zero-order valence-corrected chi connectivity index (χ0v) is 17.3. The summed E-state index contributed by atoms with van der Waals surface area (Å²) in [5, 5.41) is 3.70. The van der Waals surface area contributed by atoms with Gasteiger partial charge in [0.2, 0.25) is 0 Å². The number of fused-ring (bicyclic) bond motifs is 3. The molecule has 0 bridgehead atoms. The third-order valence-corrected chi connectivity index (χ3v) is 6.99. The van der Waals surface area contributed by atoms with E-state index in [0.29, 0.717) is 0 Å². The number of hydrogen-bond acceptors (Lipinski definition) is 4. The Kier molecular flexibility index (Phi) is 3.97. The summed E-state index contributed by atoms with van der Waals surface area (Å²) in [5.74, 6) is 0.827. The Morgan fingerprint density at radius 3 is 2.54 bits per heavy atom. The molecular weight excluding hydrogens is 360 g/mol. The number of aryl methyl sites for hydroxylation is 2. The molecule has 26 heavy (non-hydrogen) atoms.